The molecular formula is C23H21ClN4O4. The molecule has 0 aliphatic rings. The molecule has 0 aliphatic heterocycles. The number of aromatic nitrogens is 1. The lowest BCUT2D eigenvalue weighted by molar-refractivity contribution is -0.385. The van der Waals surface area contributed by atoms with Crippen molar-refractivity contribution in [1.29, 1.82) is 0 Å². The largest absolute Gasteiger partial charge is 0.493 e. The predicted molar refractivity (Wildman–Crippen MR) is 125 cm³/mol. The minimum Gasteiger partial charge on any atom is -0.493 e. The smallest absolute Gasteiger partial charge is 0.287 e. The number of hydrogen-bond acceptors (Lipinski definition) is 7. The van der Waals surface area contributed by atoms with Crippen molar-refractivity contribution in [3.8, 4) is 11.5 Å². The van der Waals surface area contributed by atoms with Gasteiger partial charge in [-0.25, -0.2) is 4.98 Å². The summed E-state index contributed by atoms with van der Waals surface area (Å²) in [7, 11) is 1.56. The number of nitro groups is 1. The van der Waals surface area contributed by atoms with Crippen LogP contribution in [0.2, 0.25) is 5.02 Å². The average molecular weight is 453 g/mol. The fourth-order valence-electron chi connectivity index (χ4n) is 2.88. The number of pyridine rings is 1. The Bertz CT molecular complexity index is 1130. The third kappa shape index (κ3) is 5.83. The number of rotatable bonds is 10. The molecular weight excluding hydrogens is 432 g/mol. The molecule has 32 heavy (non-hydrogen) atoms. The van der Waals surface area contributed by atoms with E-state index in [-0.39, 0.29) is 5.69 Å². The molecule has 0 amide bonds. The number of hydrogen-bond donors (Lipinski definition) is 1. The molecule has 1 heterocycles. The van der Waals surface area contributed by atoms with E-state index in [4.69, 9.17) is 21.1 Å². The standard InChI is InChI=1S/C23H21ClN4O4/c1-3-6-17-11-16(13-26-27-22-10-9-19(14-25-22)28(29)30)12-21(31-2)23(17)32-15-18-7-4-5-8-20(18)24/h3-5,7-14H,1,6,15H2,2H3,(H,25,27)/b26-13+. The van der Waals surface area contributed by atoms with Gasteiger partial charge in [-0.05, 0) is 36.2 Å². The first kappa shape index (κ1) is 22.8. The topological polar surface area (TPSA) is 98.9 Å². The molecule has 9 heteroatoms. The Labute approximate surface area is 190 Å². The fourth-order valence-corrected chi connectivity index (χ4v) is 3.07. The molecule has 2 aromatic carbocycles. The second-order valence-electron chi connectivity index (χ2n) is 6.61. The van der Waals surface area contributed by atoms with Crippen molar-refractivity contribution in [2.24, 2.45) is 5.10 Å². The van der Waals surface area contributed by atoms with Crippen LogP contribution in [0, 0.1) is 10.1 Å². The molecule has 0 atom stereocenters. The lowest BCUT2D eigenvalue weighted by Gasteiger charge is -2.16. The first-order valence-corrected chi connectivity index (χ1v) is 9.97. The van der Waals surface area contributed by atoms with E-state index in [1.54, 1.807) is 25.5 Å². The molecule has 0 spiro atoms. The van der Waals surface area contributed by atoms with Gasteiger partial charge in [0, 0.05) is 22.2 Å². The maximum atomic E-state index is 10.7. The van der Waals surface area contributed by atoms with Gasteiger partial charge in [0.2, 0.25) is 0 Å². The lowest BCUT2D eigenvalue weighted by atomic mass is 10.1. The lowest BCUT2D eigenvalue weighted by Crippen LogP contribution is -2.03. The molecule has 8 nitrogen and oxygen atoms in total. The number of allylic oxidation sites excluding steroid dienone is 1. The zero-order valence-corrected chi connectivity index (χ0v) is 18.1. The van der Waals surface area contributed by atoms with Crippen LogP contribution in [0.4, 0.5) is 11.5 Å². The van der Waals surface area contributed by atoms with Crippen molar-refractivity contribution < 1.29 is 14.4 Å². The first-order valence-electron chi connectivity index (χ1n) is 9.59. The number of methoxy groups -OCH3 is 1. The maximum Gasteiger partial charge on any atom is 0.287 e. The van der Waals surface area contributed by atoms with Crippen molar-refractivity contribution in [3.63, 3.8) is 0 Å². The number of anilines is 1. The zero-order chi connectivity index (χ0) is 22.9. The van der Waals surface area contributed by atoms with Crippen molar-refractivity contribution in [2.45, 2.75) is 13.0 Å². The van der Waals surface area contributed by atoms with Gasteiger partial charge in [0.05, 0.1) is 18.2 Å². The van der Waals surface area contributed by atoms with Gasteiger partial charge in [-0.2, -0.15) is 5.10 Å². The first-order chi connectivity index (χ1) is 15.5. The molecule has 0 saturated carbocycles. The number of nitrogens with zero attached hydrogens (tertiary/aromatic N) is 3. The number of halogens is 1. The Balaban J connectivity index is 1.79. The molecule has 1 N–H and O–H groups in total. The van der Waals surface area contributed by atoms with Crippen LogP contribution in [0.1, 0.15) is 16.7 Å². The van der Waals surface area contributed by atoms with Crippen LogP contribution >= 0.6 is 11.6 Å². The van der Waals surface area contributed by atoms with E-state index in [0.717, 1.165) is 22.9 Å². The molecule has 3 aromatic rings. The Hall–Kier alpha value is -3.91. The van der Waals surface area contributed by atoms with Crippen LogP contribution in [0.25, 0.3) is 0 Å². The summed E-state index contributed by atoms with van der Waals surface area (Å²) in [6.07, 6.45) is 5.09. The van der Waals surface area contributed by atoms with Crippen LogP contribution in [0.15, 0.2) is 72.5 Å². The third-order valence-electron chi connectivity index (χ3n) is 4.42. The Morgan fingerprint density at radius 3 is 2.72 bits per heavy atom. The van der Waals surface area contributed by atoms with E-state index >= 15 is 0 Å². The maximum absolute atomic E-state index is 10.7. The summed E-state index contributed by atoms with van der Waals surface area (Å²) in [4.78, 5) is 14.1. The van der Waals surface area contributed by atoms with Crippen LogP contribution in [-0.2, 0) is 13.0 Å². The van der Waals surface area contributed by atoms with Gasteiger partial charge in [-0.1, -0.05) is 35.9 Å². The summed E-state index contributed by atoms with van der Waals surface area (Å²) in [5.41, 5.74) is 5.16. The van der Waals surface area contributed by atoms with E-state index in [9.17, 15) is 10.1 Å². The Kier molecular flexibility index (Phi) is 7.77. The molecule has 0 aliphatic carbocycles. The summed E-state index contributed by atoms with van der Waals surface area (Å²) in [5.74, 6) is 1.53. The Morgan fingerprint density at radius 2 is 2.06 bits per heavy atom. The van der Waals surface area contributed by atoms with Gasteiger partial charge in [-0.15, -0.1) is 6.58 Å². The minimum atomic E-state index is -0.511. The number of nitrogens with one attached hydrogen (secondary N) is 1. The summed E-state index contributed by atoms with van der Waals surface area (Å²) in [5, 5.41) is 15.5. The van der Waals surface area contributed by atoms with Gasteiger partial charge in [-0.3, -0.25) is 15.5 Å². The summed E-state index contributed by atoms with van der Waals surface area (Å²) in [6, 6.07) is 14.0. The minimum absolute atomic E-state index is 0.0919. The zero-order valence-electron chi connectivity index (χ0n) is 17.3. The molecule has 0 unspecified atom stereocenters. The van der Waals surface area contributed by atoms with Crippen LogP contribution in [0.5, 0.6) is 11.5 Å². The predicted octanol–water partition coefficient (Wildman–Crippen LogP) is 5.41. The Morgan fingerprint density at radius 1 is 1.25 bits per heavy atom. The van der Waals surface area contributed by atoms with Gasteiger partial charge >= 0.3 is 0 Å². The van der Waals surface area contributed by atoms with Crippen molar-refractivity contribution in [3.05, 3.63) is 99.2 Å². The molecule has 0 saturated heterocycles. The van der Waals surface area contributed by atoms with Gasteiger partial charge in [0.15, 0.2) is 11.5 Å². The van der Waals surface area contributed by atoms with E-state index < -0.39 is 4.92 Å². The number of hydrazone groups is 1. The molecule has 0 bridgehead atoms. The molecule has 0 radical (unpaired) electrons. The number of benzene rings is 2. The second kappa shape index (κ2) is 10.9. The molecule has 0 fully saturated rings. The van der Waals surface area contributed by atoms with E-state index in [1.165, 1.54) is 12.1 Å². The monoisotopic (exact) mass is 452 g/mol. The molecule has 164 valence electrons. The van der Waals surface area contributed by atoms with Crippen LogP contribution in [-0.4, -0.2) is 23.2 Å². The summed E-state index contributed by atoms with van der Waals surface area (Å²) < 4.78 is 11.6. The highest BCUT2D eigenvalue weighted by Crippen LogP contribution is 2.34. The van der Waals surface area contributed by atoms with Crippen molar-refractivity contribution >= 4 is 29.3 Å². The van der Waals surface area contributed by atoms with Crippen LogP contribution in [0.3, 0.4) is 0 Å². The third-order valence-corrected chi connectivity index (χ3v) is 4.79. The second-order valence-corrected chi connectivity index (χ2v) is 7.02. The highest BCUT2D eigenvalue weighted by atomic mass is 35.5. The van der Waals surface area contributed by atoms with E-state index in [0.29, 0.717) is 35.4 Å². The highest BCUT2D eigenvalue weighted by molar-refractivity contribution is 6.31. The van der Waals surface area contributed by atoms with Gasteiger partial charge in [0.25, 0.3) is 5.69 Å². The van der Waals surface area contributed by atoms with E-state index in [1.807, 2.05) is 30.3 Å². The average Bonchev–Trinajstić information content (AvgIpc) is 2.79. The van der Waals surface area contributed by atoms with Crippen molar-refractivity contribution in [1.82, 2.24) is 4.98 Å². The fraction of sp³-hybridized carbons (Fsp3) is 0.130. The van der Waals surface area contributed by atoms with Gasteiger partial charge in [0.1, 0.15) is 18.6 Å². The van der Waals surface area contributed by atoms with Crippen LogP contribution < -0.4 is 14.9 Å². The highest BCUT2D eigenvalue weighted by Gasteiger charge is 2.13. The molecule has 3 rings (SSSR count). The SMILES string of the molecule is C=CCc1cc(/C=N/Nc2ccc([N+](=O)[O-])cn2)cc(OC)c1OCc1ccccc1Cl. The van der Waals surface area contributed by atoms with Gasteiger partial charge < -0.3 is 9.47 Å². The number of ether oxygens (including phenoxy) is 2. The van der Waals surface area contributed by atoms with Crippen molar-refractivity contribution in [2.75, 3.05) is 12.5 Å². The summed E-state index contributed by atoms with van der Waals surface area (Å²) in [6.45, 7) is 4.11. The van der Waals surface area contributed by atoms with E-state index in [2.05, 4.69) is 22.1 Å². The molecule has 1 aromatic heterocycles. The normalized spacial score (nSPS) is 10.7. The summed E-state index contributed by atoms with van der Waals surface area (Å²) >= 11 is 6.23. The quantitative estimate of drug-likeness (QED) is 0.191.